The fourth-order valence-electron chi connectivity index (χ4n) is 2.08. The van der Waals surface area contributed by atoms with E-state index in [-0.39, 0.29) is 6.54 Å². The van der Waals surface area contributed by atoms with Crippen molar-refractivity contribution in [1.82, 2.24) is 14.1 Å². The minimum absolute atomic E-state index is 0.213. The molecule has 3 rings (SSSR count). The standard InChI is InChI=1S/C14H10ClF2N3O2S/c15-9-4-5-13-19-10(8-20(13)7-9)6-18-23(21,22)14-11(16)2-1-3-12(14)17/h1-5,7-8,18H,6H2. The Morgan fingerprint density at radius 3 is 2.52 bits per heavy atom. The Morgan fingerprint density at radius 2 is 1.83 bits per heavy atom. The Bertz CT molecular complexity index is 969. The predicted octanol–water partition coefficient (Wildman–Crippen LogP) is 2.74. The number of benzene rings is 1. The molecule has 1 N–H and O–H groups in total. The molecule has 9 heteroatoms. The first-order chi connectivity index (χ1) is 10.9. The predicted molar refractivity (Wildman–Crippen MR) is 80.6 cm³/mol. The molecule has 0 saturated carbocycles. The molecule has 2 heterocycles. The number of nitrogens with one attached hydrogen (secondary N) is 1. The van der Waals surface area contributed by atoms with E-state index in [9.17, 15) is 17.2 Å². The van der Waals surface area contributed by atoms with Gasteiger partial charge in [-0.05, 0) is 24.3 Å². The molecule has 2 aromatic heterocycles. The maximum absolute atomic E-state index is 13.6. The quantitative estimate of drug-likeness (QED) is 0.781. The number of fused-ring (bicyclic) bond motifs is 1. The van der Waals surface area contributed by atoms with Gasteiger partial charge < -0.3 is 4.40 Å². The zero-order valence-corrected chi connectivity index (χ0v) is 13.1. The molecule has 0 aliphatic rings. The van der Waals surface area contributed by atoms with E-state index in [1.54, 1.807) is 28.9 Å². The second kappa shape index (κ2) is 5.88. The van der Waals surface area contributed by atoms with Crippen LogP contribution in [0.25, 0.3) is 5.65 Å². The normalized spacial score (nSPS) is 12.0. The van der Waals surface area contributed by atoms with Crippen molar-refractivity contribution in [2.24, 2.45) is 0 Å². The Kier molecular flexibility index (Phi) is 4.05. The van der Waals surface area contributed by atoms with Gasteiger partial charge in [0.1, 0.15) is 17.3 Å². The Labute approximate surface area is 135 Å². The van der Waals surface area contributed by atoms with Crippen LogP contribution >= 0.6 is 11.6 Å². The molecule has 0 saturated heterocycles. The molecule has 0 atom stereocenters. The fraction of sp³-hybridized carbons (Fsp3) is 0.0714. The highest BCUT2D eigenvalue weighted by atomic mass is 35.5. The van der Waals surface area contributed by atoms with Crippen molar-refractivity contribution < 1.29 is 17.2 Å². The summed E-state index contributed by atoms with van der Waals surface area (Å²) in [4.78, 5) is 3.18. The second-order valence-corrected chi connectivity index (χ2v) is 6.86. The fourth-order valence-corrected chi connectivity index (χ4v) is 3.38. The van der Waals surface area contributed by atoms with Gasteiger partial charge >= 0.3 is 0 Å². The lowest BCUT2D eigenvalue weighted by Crippen LogP contribution is -2.25. The van der Waals surface area contributed by atoms with Crippen LogP contribution in [0.5, 0.6) is 0 Å². The summed E-state index contributed by atoms with van der Waals surface area (Å²) in [6, 6.07) is 6.16. The van der Waals surface area contributed by atoms with Crippen LogP contribution in [-0.2, 0) is 16.6 Å². The summed E-state index contributed by atoms with van der Waals surface area (Å²) in [7, 11) is -4.34. The number of pyridine rings is 1. The number of hydrogen-bond acceptors (Lipinski definition) is 3. The van der Waals surface area contributed by atoms with Crippen LogP contribution in [0, 0.1) is 11.6 Å². The molecule has 0 radical (unpaired) electrons. The molecule has 120 valence electrons. The summed E-state index contributed by atoms with van der Waals surface area (Å²) in [5, 5.41) is 0.496. The number of rotatable bonds is 4. The van der Waals surface area contributed by atoms with E-state index in [2.05, 4.69) is 9.71 Å². The van der Waals surface area contributed by atoms with Gasteiger partial charge in [0.15, 0.2) is 4.90 Å². The molecule has 1 aromatic carbocycles. The summed E-state index contributed by atoms with van der Waals surface area (Å²) in [6.07, 6.45) is 3.18. The van der Waals surface area contributed by atoms with E-state index in [0.29, 0.717) is 16.4 Å². The van der Waals surface area contributed by atoms with Gasteiger partial charge in [0.25, 0.3) is 0 Å². The highest BCUT2D eigenvalue weighted by Crippen LogP contribution is 2.18. The first-order valence-corrected chi connectivity index (χ1v) is 8.30. The highest BCUT2D eigenvalue weighted by molar-refractivity contribution is 7.89. The molecule has 0 bridgehead atoms. The average molecular weight is 358 g/mol. The van der Waals surface area contributed by atoms with E-state index in [4.69, 9.17) is 11.6 Å². The van der Waals surface area contributed by atoms with Crippen LogP contribution in [0.1, 0.15) is 5.69 Å². The van der Waals surface area contributed by atoms with Crippen LogP contribution in [0.2, 0.25) is 5.02 Å². The lowest BCUT2D eigenvalue weighted by atomic mass is 10.3. The van der Waals surface area contributed by atoms with Gasteiger partial charge in [-0.1, -0.05) is 17.7 Å². The lowest BCUT2D eigenvalue weighted by Gasteiger charge is -2.07. The number of hydrogen-bond donors (Lipinski definition) is 1. The third-order valence-electron chi connectivity index (χ3n) is 3.10. The number of imidazole rings is 1. The monoisotopic (exact) mass is 357 g/mol. The zero-order chi connectivity index (χ0) is 16.6. The van der Waals surface area contributed by atoms with Gasteiger partial charge in [-0.3, -0.25) is 0 Å². The Balaban J connectivity index is 1.86. The van der Waals surface area contributed by atoms with Crippen molar-refractivity contribution >= 4 is 27.3 Å². The van der Waals surface area contributed by atoms with Crippen molar-refractivity contribution in [3.05, 3.63) is 65.1 Å². The van der Waals surface area contributed by atoms with Crippen molar-refractivity contribution in [3.8, 4) is 0 Å². The van der Waals surface area contributed by atoms with E-state index in [0.717, 1.165) is 18.2 Å². The molecule has 0 unspecified atom stereocenters. The second-order valence-electron chi connectivity index (χ2n) is 4.72. The molecule has 3 aromatic rings. The van der Waals surface area contributed by atoms with Gasteiger partial charge in [0.05, 0.1) is 17.3 Å². The number of nitrogens with zero attached hydrogens (tertiary/aromatic N) is 2. The molecule has 0 spiro atoms. The van der Waals surface area contributed by atoms with E-state index in [1.807, 2.05) is 0 Å². The molecular formula is C14H10ClF2N3O2S. The van der Waals surface area contributed by atoms with Gasteiger partial charge in [-0.15, -0.1) is 0 Å². The largest absolute Gasteiger partial charge is 0.305 e. The van der Waals surface area contributed by atoms with Crippen molar-refractivity contribution in [3.63, 3.8) is 0 Å². The van der Waals surface area contributed by atoms with Crippen LogP contribution in [0.4, 0.5) is 8.78 Å². The number of aromatic nitrogens is 2. The average Bonchev–Trinajstić information content (AvgIpc) is 2.87. The minimum Gasteiger partial charge on any atom is -0.305 e. The molecule has 0 aliphatic carbocycles. The summed E-state index contributed by atoms with van der Waals surface area (Å²) in [5.41, 5.74) is 0.952. The molecule has 0 amide bonds. The third-order valence-corrected chi connectivity index (χ3v) is 4.77. The first kappa shape index (κ1) is 15.9. The van der Waals surface area contributed by atoms with E-state index < -0.39 is 26.6 Å². The van der Waals surface area contributed by atoms with Crippen LogP contribution in [-0.4, -0.2) is 17.8 Å². The smallest absolute Gasteiger partial charge is 0.246 e. The molecule has 5 nitrogen and oxygen atoms in total. The molecular weight excluding hydrogens is 348 g/mol. The van der Waals surface area contributed by atoms with Gasteiger partial charge in [-0.25, -0.2) is 26.9 Å². The minimum atomic E-state index is -4.34. The molecule has 0 aliphatic heterocycles. The van der Waals surface area contributed by atoms with E-state index in [1.165, 1.54) is 0 Å². The Morgan fingerprint density at radius 1 is 1.13 bits per heavy atom. The van der Waals surface area contributed by atoms with E-state index >= 15 is 0 Å². The lowest BCUT2D eigenvalue weighted by molar-refractivity contribution is 0.513. The van der Waals surface area contributed by atoms with Crippen LogP contribution in [0.3, 0.4) is 0 Å². The molecule has 23 heavy (non-hydrogen) atoms. The summed E-state index contributed by atoms with van der Waals surface area (Å²) in [6.45, 7) is -0.213. The summed E-state index contributed by atoms with van der Waals surface area (Å²) < 4.78 is 55.1. The number of sulfonamides is 1. The maximum atomic E-state index is 13.6. The Hall–Kier alpha value is -2.03. The topological polar surface area (TPSA) is 63.5 Å². The van der Waals surface area contributed by atoms with Crippen LogP contribution < -0.4 is 4.72 Å². The van der Waals surface area contributed by atoms with Gasteiger partial charge in [0, 0.05) is 12.4 Å². The van der Waals surface area contributed by atoms with Crippen molar-refractivity contribution in [2.45, 2.75) is 11.4 Å². The van der Waals surface area contributed by atoms with Crippen LogP contribution in [0.15, 0.2) is 47.6 Å². The number of halogens is 3. The highest BCUT2D eigenvalue weighted by Gasteiger charge is 2.23. The summed E-state index contributed by atoms with van der Waals surface area (Å²) in [5.74, 6) is -2.31. The maximum Gasteiger partial charge on any atom is 0.246 e. The SMILES string of the molecule is O=S(=O)(NCc1cn2cc(Cl)ccc2n1)c1c(F)cccc1F. The van der Waals surface area contributed by atoms with Crippen molar-refractivity contribution in [2.75, 3.05) is 0 Å². The van der Waals surface area contributed by atoms with Gasteiger partial charge in [0.2, 0.25) is 10.0 Å². The zero-order valence-electron chi connectivity index (χ0n) is 11.5. The van der Waals surface area contributed by atoms with Crippen molar-refractivity contribution in [1.29, 1.82) is 0 Å². The molecule has 0 fully saturated rings. The summed E-state index contributed by atoms with van der Waals surface area (Å²) >= 11 is 5.85. The van der Waals surface area contributed by atoms with Gasteiger partial charge in [-0.2, -0.15) is 0 Å². The third kappa shape index (κ3) is 3.19. The first-order valence-electron chi connectivity index (χ1n) is 6.43.